The minimum absolute atomic E-state index is 0. The Morgan fingerprint density at radius 1 is 1.38 bits per heavy atom. The lowest BCUT2D eigenvalue weighted by molar-refractivity contribution is -0.142. The standard InChI is InChI=1S/C16H22N2O5.ClH/c1-21-14(19)10-23-13-4-2-3-12(9-13)18-16(20)15(17)11-5-7-22-8-6-11;/h2-4,9,11,15H,5-8,10,17H2,1H3,(H,18,20);1H. The van der Waals surface area contributed by atoms with Crippen LogP contribution in [-0.4, -0.2) is 44.8 Å². The maximum Gasteiger partial charge on any atom is 0.343 e. The molecule has 0 bridgehead atoms. The van der Waals surface area contributed by atoms with E-state index in [2.05, 4.69) is 10.1 Å². The zero-order chi connectivity index (χ0) is 16.7. The Morgan fingerprint density at radius 3 is 2.75 bits per heavy atom. The smallest absolute Gasteiger partial charge is 0.343 e. The molecule has 1 fully saturated rings. The molecule has 1 aromatic rings. The fourth-order valence-corrected chi connectivity index (χ4v) is 2.38. The SMILES string of the molecule is COC(=O)COc1cccc(NC(=O)C(N)C2CCOCC2)c1.Cl. The van der Waals surface area contributed by atoms with Gasteiger partial charge in [0.15, 0.2) is 6.61 Å². The van der Waals surface area contributed by atoms with E-state index in [9.17, 15) is 9.59 Å². The van der Waals surface area contributed by atoms with Gasteiger partial charge in [-0.25, -0.2) is 4.79 Å². The molecule has 7 nitrogen and oxygen atoms in total. The van der Waals surface area contributed by atoms with Gasteiger partial charge >= 0.3 is 5.97 Å². The van der Waals surface area contributed by atoms with Gasteiger partial charge in [-0.2, -0.15) is 0 Å². The lowest BCUT2D eigenvalue weighted by Gasteiger charge is -2.26. The van der Waals surface area contributed by atoms with Crippen LogP contribution in [0.25, 0.3) is 0 Å². The van der Waals surface area contributed by atoms with Gasteiger partial charge in [0.05, 0.1) is 13.2 Å². The first-order chi connectivity index (χ1) is 11.1. The first-order valence-corrected chi connectivity index (χ1v) is 7.54. The quantitative estimate of drug-likeness (QED) is 0.745. The lowest BCUT2D eigenvalue weighted by Crippen LogP contribution is -2.44. The summed E-state index contributed by atoms with van der Waals surface area (Å²) in [5.74, 6) is -0.113. The first-order valence-electron chi connectivity index (χ1n) is 7.54. The molecule has 24 heavy (non-hydrogen) atoms. The fraction of sp³-hybridized carbons (Fsp3) is 0.500. The third-order valence-electron chi connectivity index (χ3n) is 3.76. The van der Waals surface area contributed by atoms with E-state index in [1.165, 1.54) is 7.11 Å². The van der Waals surface area contributed by atoms with Gasteiger partial charge in [-0.05, 0) is 30.9 Å². The Labute approximate surface area is 147 Å². The van der Waals surface area contributed by atoms with Crippen LogP contribution in [0.2, 0.25) is 0 Å². The molecule has 1 heterocycles. The minimum atomic E-state index is -0.571. The second-order valence-corrected chi connectivity index (χ2v) is 5.36. The van der Waals surface area contributed by atoms with Crippen LogP contribution >= 0.6 is 12.4 Å². The molecule has 0 spiro atoms. The van der Waals surface area contributed by atoms with Crippen molar-refractivity contribution in [2.75, 3.05) is 32.2 Å². The van der Waals surface area contributed by atoms with E-state index >= 15 is 0 Å². The highest BCUT2D eigenvalue weighted by Crippen LogP contribution is 2.21. The van der Waals surface area contributed by atoms with Gasteiger partial charge in [0.25, 0.3) is 0 Å². The second kappa shape index (κ2) is 10.1. The molecule has 1 saturated heterocycles. The predicted molar refractivity (Wildman–Crippen MR) is 91.3 cm³/mol. The number of benzene rings is 1. The molecule has 3 N–H and O–H groups in total. The summed E-state index contributed by atoms with van der Waals surface area (Å²) in [5.41, 5.74) is 6.60. The number of esters is 1. The van der Waals surface area contributed by atoms with Crippen molar-refractivity contribution in [2.24, 2.45) is 11.7 Å². The molecule has 134 valence electrons. The molecule has 1 atom stereocenters. The van der Waals surface area contributed by atoms with Gasteiger partial charge in [0.1, 0.15) is 5.75 Å². The Kier molecular flexibility index (Phi) is 8.53. The van der Waals surface area contributed by atoms with Crippen molar-refractivity contribution in [2.45, 2.75) is 18.9 Å². The van der Waals surface area contributed by atoms with Crippen molar-refractivity contribution in [3.8, 4) is 5.75 Å². The number of nitrogens with two attached hydrogens (primary N) is 1. The third-order valence-corrected chi connectivity index (χ3v) is 3.76. The van der Waals surface area contributed by atoms with Crippen LogP contribution in [0.5, 0.6) is 5.75 Å². The van der Waals surface area contributed by atoms with Crippen LogP contribution in [0, 0.1) is 5.92 Å². The molecule has 0 aromatic heterocycles. The van der Waals surface area contributed by atoms with Crippen LogP contribution in [-0.2, 0) is 19.1 Å². The van der Waals surface area contributed by atoms with E-state index in [4.69, 9.17) is 15.2 Å². The zero-order valence-corrected chi connectivity index (χ0v) is 14.3. The first kappa shape index (κ1) is 20.2. The summed E-state index contributed by atoms with van der Waals surface area (Å²) in [4.78, 5) is 23.3. The number of ether oxygens (including phenoxy) is 3. The number of anilines is 1. The van der Waals surface area contributed by atoms with E-state index in [1.807, 2.05) is 0 Å². The van der Waals surface area contributed by atoms with Gasteiger partial charge in [-0.1, -0.05) is 6.07 Å². The molecular weight excluding hydrogens is 336 g/mol. The second-order valence-electron chi connectivity index (χ2n) is 5.36. The number of halogens is 1. The third kappa shape index (κ3) is 5.99. The summed E-state index contributed by atoms with van der Waals surface area (Å²) in [6.07, 6.45) is 1.58. The molecule has 0 radical (unpaired) electrons. The molecule has 2 rings (SSSR count). The van der Waals surface area contributed by atoms with Gasteiger partial charge in [-0.3, -0.25) is 4.79 Å². The van der Waals surface area contributed by atoms with E-state index < -0.39 is 12.0 Å². The van der Waals surface area contributed by atoms with Crippen LogP contribution in [0.1, 0.15) is 12.8 Å². The number of methoxy groups -OCH3 is 1. The maximum atomic E-state index is 12.2. The molecule has 8 heteroatoms. The Morgan fingerprint density at radius 2 is 2.08 bits per heavy atom. The number of carbonyl (C=O) groups is 2. The zero-order valence-electron chi connectivity index (χ0n) is 13.5. The lowest BCUT2D eigenvalue weighted by atomic mass is 9.92. The van der Waals surface area contributed by atoms with Gasteiger partial charge < -0.3 is 25.3 Å². The summed E-state index contributed by atoms with van der Waals surface area (Å²) in [6.45, 7) is 1.10. The number of hydrogen-bond acceptors (Lipinski definition) is 6. The van der Waals surface area contributed by atoms with E-state index in [0.717, 1.165) is 12.8 Å². The van der Waals surface area contributed by atoms with Crippen molar-refractivity contribution < 1.29 is 23.8 Å². The molecule has 1 aliphatic rings. The molecule has 1 aromatic carbocycles. The van der Waals surface area contributed by atoms with Crippen LogP contribution in [0.3, 0.4) is 0 Å². The number of nitrogens with one attached hydrogen (secondary N) is 1. The summed E-state index contributed by atoms with van der Waals surface area (Å²) in [6, 6.07) is 6.22. The van der Waals surface area contributed by atoms with Crippen LogP contribution in [0.15, 0.2) is 24.3 Å². The van der Waals surface area contributed by atoms with Crippen LogP contribution < -0.4 is 15.8 Å². The van der Waals surface area contributed by atoms with Crippen molar-refractivity contribution in [1.29, 1.82) is 0 Å². The summed E-state index contributed by atoms with van der Waals surface area (Å²) >= 11 is 0. The van der Waals surface area contributed by atoms with Crippen molar-refractivity contribution in [1.82, 2.24) is 0 Å². The number of amides is 1. The van der Waals surface area contributed by atoms with Gasteiger partial charge in [0.2, 0.25) is 5.91 Å². The molecule has 1 amide bonds. The van der Waals surface area contributed by atoms with Crippen molar-refractivity contribution in [3.05, 3.63) is 24.3 Å². The highest BCUT2D eigenvalue weighted by Gasteiger charge is 2.26. The monoisotopic (exact) mass is 358 g/mol. The number of hydrogen-bond donors (Lipinski definition) is 2. The minimum Gasteiger partial charge on any atom is -0.482 e. The Balaban J connectivity index is 0.00000288. The molecule has 0 aliphatic carbocycles. The number of rotatable bonds is 6. The highest BCUT2D eigenvalue weighted by molar-refractivity contribution is 5.95. The average Bonchev–Trinajstić information content (AvgIpc) is 2.60. The topological polar surface area (TPSA) is 99.9 Å². The summed E-state index contributed by atoms with van der Waals surface area (Å²) in [7, 11) is 1.29. The normalized spacial score (nSPS) is 15.8. The maximum absolute atomic E-state index is 12.2. The summed E-state index contributed by atoms with van der Waals surface area (Å²) in [5, 5.41) is 2.78. The average molecular weight is 359 g/mol. The predicted octanol–water partition coefficient (Wildman–Crippen LogP) is 1.35. The van der Waals surface area contributed by atoms with E-state index in [0.29, 0.717) is 24.7 Å². The van der Waals surface area contributed by atoms with Gasteiger partial charge in [0, 0.05) is 25.0 Å². The molecule has 1 unspecified atom stereocenters. The van der Waals surface area contributed by atoms with Crippen molar-refractivity contribution >= 4 is 30.0 Å². The number of carbonyl (C=O) groups excluding carboxylic acids is 2. The Bertz CT molecular complexity index is 549. The van der Waals surface area contributed by atoms with Crippen LogP contribution in [0.4, 0.5) is 5.69 Å². The molecular formula is C16H23ClN2O5. The Hall–Kier alpha value is -1.83. The molecule has 1 aliphatic heterocycles. The highest BCUT2D eigenvalue weighted by atomic mass is 35.5. The van der Waals surface area contributed by atoms with Gasteiger partial charge in [-0.15, -0.1) is 12.4 Å². The molecule has 0 saturated carbocycles. The fourth-order valence-electron chi connectivity index (χ4n) is 2.38. The largest absolute Gasteiger partial charge is 0.482 e. The van der Waals surface area contributed by atoms with E-state index in [-0.39, 0.29) is 30.8 Å². The summed E-state index contributed by atoms with van der Waals surface area (Å²) < 4.78 is 15.1. The van der Waals surface area contributed by atoms with Crippen molar-refractivity contribution in [3.63, 3.8) is 0 Å². The van der Waals surface area contributed by atoms with E-state index in [1.54, 1.807) is 24.3 Å².